The van der Waals surface area contributed by atoms with Crippen LogP contribution < -0.4 is 10.4 Å². The summed E-state index contributed by atoms with van der Waals surface area (Å²) in [4.78, 5) is 25.1. The first-order valence-electron chi connectivity index (χ1n) is 8.76. The first-order valence-corrected chi connectivity index (χ1v) is 9.58. The topological polar surface area (TPSA) is 93.0 Å². The maximum Gasteiger partial charge on any atom is 0.229 e. The molecule has 132 valence electrons. The van der Waals surface area contributed by atoms with E-state index < -0.39 is 17.8 Å². The number of amides is 1. The third-order valence-electron chi connectivity index (χ3n) is 5.37. The molecule has 2 aliphatic rings. The lowest BCUT2D eigenvalue weighted by molar-refractivity contribution is -0.313. The maximum atomic E-state index is 12.6. The van der Waals surface area contributed by atoms with Gasteiger partial charge in [-0.15, -0.1) is 11.3 Å². The number of carbonyl (C=O) groups excluding carboxylic acids is 2. The van der Waals surface area contributed by atoms with Gasteiger partial charge in [-0.2, -0.15) is 5.26 Å². The third kappa shape index (κ3) is 3.47. The number of nitrogens with zero attached hydrogens (tertiary/aromatic N) is 1. The van der Waals surface area contributed by atoms with Crippen LogP contribution >= 0.6 is 11.3 Å². The van der Waals surface area contributed by atoms with Crippen molar-refractivity contribution in [2.45, 2.75) is 45.4 Å². The van der Waals surface area contributed by atoms with Crippen LogP contribution in [0.15, 0.2) is 12.2 Å². The number of hydrogen-bond donors (Lipinski definition) is 1. The summed E-state index contributed by atoms with van der Waals surface area (Å²) in [6.07, 6.45) is 8.32. The van der Waals surface area contributed by atoms with Gasteiger partial charge in [-0.25, -0.2) is 0 Å². The van der Waals surface area contributed by atoms with E-state index in [2.05, 4.69) is 18.3 Å². The second kappa shape index (κ2) is 7.40. The Kier molecular flexibility index (Phi) is 5.24. The number of fused-ring (bicyclic) bond motifs is 1. The van der Waals surface area contributed by atoms with Gasteiger partial charge in [-0.1, -0.05) is 25.5 Å². The molecule has 1 amide bonds. The summed E-state index contributed by atoms with van der Waals surface area (Å²) >= 11 is 1.47. The second-order valence-electron chi connectivity index (χ2n) is 6.80. The third-order valence-corrected chi connectivity index (χ3v) is 6.53. The highest BCUT2D eigenvalue weighted by Crippen LogP contribution is 2.40. The van der Waals surface area contributed by atoms with E-state index in [-0.39, 0.29) is 5.91 Å². The van der Waals surface area contributed by atoms with Crippen molar-refractivity contribution in [3.05, 3.63) is 28.2 Å². The first-order chi connectivity index (χ1) is 12.0. The summed E-state index contributed by atoms with van der Waals surface area (Å²) in [5, 5.41) is 24.2. The lowest BCUT2D eigenvalue weighted by Crippen LogP contribution is -2.41. The molecule has 0 unspecified atom stereocenters. The van der Waals surface area contributed by atoms with Crippen molar-refractivity contribution in [2.24, 2.45) is 17.8 Å². The number of carboxylic acid groups (broad SMARTS) is 1. The normalized spacial score (nSPS) is 25.0. The Morgan fingerprint density at radius 3 is 2.72 bits per heavy atom. The minimum atomic E-state index is -1.19. The molecule has 5 nitrogen and oxygen atoms in total. The summed E-state index contributed by atoms with van der Waals surface area (Å²) in [7, 11) is 0. The lowest BCUT2D eigenvalue weighted by atomic mass is 9.82. The van der Waals surface area contributed by atoms with Crippen LogP contribution in [0.5, 0.6) is 0 Å². The molecule has 0 aliphatic heterocycles. The zero-order valence-electron chi connectivity index (χ0n) is 14.2. The number of carbonyl (C=O) groups is 2. The fourth-order valence-corrected chi connectivity index (χ4v) is 5.09. The number of nitrogens with one attached hydrogen (secondary N) is 1. The highest BCUT2D eigenvalue weighted by Gasteiger charge is 2.32. The molecular formula is C19H21N2O3S-. The molecule has 0 aromatic carbocycles. The highest BCUT2D eigenvalue weighted by molar-refractivity contribution is 7.16. The van der Waals surface area contributed by atoms with Crippen molar-refractivity contribution < 1.29 is 14.7 Å². The average Bonchev–Trinajstić information content (AvgIpc) is 2.97. The Hall–Kier alpha value is -2.13. The van der Waals surface area contributed by atoms with Crippen molar-refractivity contribution in [3.8, 4) is 6.07 Å². The van der Waals surface area contributed by atoms with Crippen LogP contribution in [0.4, 0.5) is 5.00 Å². The molecule has 2 aliphatic carbocycles. The van der Waals surface area contributed by atoms with Crippen LogP contribution in [0, 0.1) is 29.1 Å². The molecule has 1 aromatic heterocycles. The Bertz CT molecular complexity index is 759. The summed E-state index contributed by atoms with van der Waals surface area (Å²) in [5.41, 5.74) is 1.62. The Balaban J connectivity index is 1.82. The summed E-state index contributed by atoms with van der Waals surface area (Å²) in [5.74, 6) is -2.35. The molecule has 25 heavy (non-hydrogen) atoms. The Morgan fingerprint density at radius 2 is 2.08 bits per heavy atom. The Labute approximate surface area is 151 Å². The van der Waals surface area contributed by atoms with Crippen molar-refractivity contribution in [2.75, 3.05) is 5.32 Å². The number of anilines is 1. The van der Waals surface area contributed by atoms with Gasteiger partial charge in [-0.05, 0) is 43.6 Å². The van der Waals surface area contributed by atoms with E-state index in [0.717, 1.165) is 31.2 Å². The summed E-state index contributed by atoms with van der Waals surface area (Å²) in [6.45, 7) is 2.17. The Morgan fingerprint density at radius 1 is 1.36 bits per heavy atom. The smallest absolute Gasteiger partial charge is 0.229 e. The van der Waals surface area contributed by atoms with Crippen LogP contribution in [0.25, 0.3) is 0 Å². The fourth-order valence-electron chi connectivity index (χ4n) is 3.78. The molecule has 1 heterocycles. The SMILES string of the molecule is CC[C@@H]1CCc2c(sc(NC(=O)[C@@H]3CC=CC[C@@H]3C(=O)[O-])c2C#N)C1. The van der Waals surface area contributed by atoms with Crippen LogP contribution in [0.1, 0.15) is 48.6 Å². The minimum absolute atomic E-state index is 0.310. The van der Waals surface area contributed by atoms with E-state index in [0.29, 0.717) is 29.3 Å². The molecule has 0 saturated carbocycles. The molecule has 0 spiro atoms. The predicted octanol–water partition coefficient (Wildman–Crippen LogP) is 2.41. The van der Waals surface area contributed by atoms with Gasteiger partial charge in [0.25, 0.3) is 0 Å². The van der Waals surface area contributed by atoms with Gasteiger partial charge in [0.2, 0.25) is 5.91 Å². The van der Waals surface area contributed by atoms with E-state index in [1.54, 1.807) is 6.08 Å². The van der Waals surface area contributed by atoms with Crippen molar-refractivity contribution >= 4 is 28.2 Å². The van der Waals surface area contributed by atoms with Gasteiger partial charge in [0.05, 0.1) is 11.5 Å². The van der Waals surface area contributed by atoms with Gasteiger partial charge in [-0.3, -0.25) is 4.79 Å². The molecule has 1 aromatic rings. The average molecular weight is 357 g/mol. The van der Waals surface area contributed by atoms with E-state index in [1.165, 1.54) is 16.2 Å². The number of nitriles is 1. The quantitative estimate of drug-likeness (QED) is 0.838. The second-order valence-corrected chi connectivity index (χ2v) is 7.91. The number of rotatable bonds is 4. The van der Waals surface area contributed by atoms with E-state index in [9.17, 15) is 20.0 Å². The van der Waals surface area contributed by atoms with Crippen LogP contribution in [-0.2, 0) is 22.4 Å². The molecule has 3 atom stereocenters. The van der Waals surface area contributed by atoms with Crippen molar-refractivity contribution in [1.82, 2.24) is 0 Å². The van der Waals surface area contributed by atoms with Gasteiger partial charge >= 0.3 is 0 Å². The van der Waals surface area contributed by atoms with Gasteiger partial charge < -0.3 is 15.2 Å². The van der Waals surface area contributed by atoms with Gasteiger partial charge in [0.1, 0.15) is 11.1 Å². The predicted molar refractivity (Wildman–Crippen MR) is 93.8 cm³/mol. The first kappa shape index (κ1) is 17.7. The maximum absolute atomic E-state index is 12.6. The number of carboxylic acids is 1. The number of aliphatic carboxylic acids is 1. The molecule has 0 radical (unpaired) electrons. The largest absolute Gasteiger partial charge is 0.550 e. The molecule has 3 rings (SSSR count). The van der Waals surface area contributed by atoms with E-state index >= 15 is 0 Å². The molecule has 0 fully saturated rings. The molecule has 0 bridgehead atoms. The van der Waals surface area contributed by atoms with Crippen molar-refractivity contribution in [3.63, 3.8) is 0 Å². The minimum Gasteiger partial charge on any atom is -0.550 e. The van der Waals surface area contributed by atoms with E-state index in [4.69, 9.17) is 0 Å². The zero-order chi connectivity index (χ0) is 18.0. The monoisotopic (exact) mass is 357 g/mol. The standard InChI is InChI=1S/C19H22N2O3S/c1-2-11-7-8-12-15(10-20)18(25-16(12)9-11)21-17(22)13-5-3-4-6-14(13)19(23)24/h3-4,11,13-14H,2,5-9H2,1H3,(H,21,22)(H,23,24)/p-1/t11-,13-,14+/m1/s1. The summed E-state index contributed by atoms with van der Waals surface area (Å²) in [6, 6.07) is 2.23. The van der Waals surface area contributed by atoms with E-state index in [1.807, 2.05) is 6.08 Å². The van der Waals surface area contributed by atoms with Gasteiger partial charge in [0.15, 0.2) is 0 Å². The molecule has 6 heteroatoms. The number of allylic oxidation sites excluding steroid dienone is 2. The summed E-state index contributed by atoms with van der Waals surface area (Å²) < 4.78 is 0. The highest BCUT2D eigenvalue weighted by atomic mass is 32.1. The van der Waals surface area contributed by atoms with Gasteiger partial charge in [0, 0.05) is 16.8 Å². The van der Waals surface area contributed by atoms with Crippen molar-refractivity contribution in [1.29, 1.82) is 5.26 Å². The molecule has 0 saturated heterocycles. The zero-order valence-corrected chi connectivity index (χ0v) is 15.0. The van der Waals surface area contributed by atoms with Crippen LogP contribution in [-0.4, -0.2) is 11.9 Å². The number of hydrogen-bond acceptors (Lipinski definition) is 5. The molecular weight excluding hydrogens is 336 g/mol. The fraction of sp³-hybridized carbons (Fsp3) is 0.526. The lowest BCUT2D eigenvalue weighted by Gasteiger charge is -2.28. The van der Waals surface area contributed by atoms with Crippen LogP contribution in [0.3, 0.4) is 0 Å². The van der Waals surface area contributed by atoms with Crippen LogP contribution in [0.2, 0.25) is 0 Å². The molecule has 1 N–H and O–H groups in total. The number of thiophene rings is 1.